The van der Waals surface area contributed by atoms with Crippen LogP contribution in [0.2, 0.25) is 10.0 Å². The molecule has 0 saturated carbocycles. The van der Waals surface area contributed by atoms with Crippen molar-refractivity contribution in [2.45, 2.75) is 19.4 Å². The maximum absolute atomic E-state index is 6.21. The van der Waals surface area contributed by atoms with Crippen LogP contribution in [-0.4, -0.2) is 27.1 Å². The molecule has 0 bridgehead atoms. The van der Waals surface area contributed by atoms with Crippen molar-refractivity contribution in [1.29, 1.82) is 0 Å². The van der Waals surface area contributed by atoms with E-state index in [9.17, 15) is 0 Å². The Morgan fingerprint density at radius 2 is 2.08 bits per heavy atom. The Labute approximate surface area is 178 Å². The molecule has 1 aromatic carbocycles. The van der Waals surface area contributed by atoms with Gasteiger partial charge in [0.05, 0.1) is 6.04 Å². The van der Waals surface area contributed by atoms with Crippen LogP contribution in [0.1, 0.15) is 24.4 Å². The van der Waals surface area contributed by atoms with Gasteiger partial charge in [-0.2, -0.15) is 0 Å². The smallest absolute Gasteiger partial charge is 0.189 e. The molecule has 1 unspecified atom stereocenters. The van der Waals surface area contributed by atoms with E-state index >= 15 is 0 Å². The minimum Gasteiger partial charge on any atom is -0.370 e. The second-order valence-corrected chi connectivity index (χ2v) is 6.44. The third-order valence-corrected chi connectivity index (χ3v) is 4.36. The first-order valence-electron chi connectivity index (χ1n) is 7.84. The number of hydrogen-bond donors (Lipinski definition) is 2. The number of nitrogens with one attached hydrogen (secondary N) is 1. The second kappa shape index (κ2) is 9.38. The Bertz CT molecular complexity index is 911. The van der Waals surface area contributed by atoms with Crippen LogP contribution in [-0.2, 0) is 6.42 Å². The molecule has 1 atom stereocenters. The molecule has 0 fully saturated rings. The van der Waals surface area contributed by atoms with Gasteiger partial charge in [0.1, 0.15) is 5.82 Å². The highest BCUT2D eigenvalue weighted by atomic mass is 127. The largest absolute Gasteiger partial charge is 0.370 e. The lowest BCUT2D eigenvalue weighted by Crippen LogP contribution is -2.34. The summed E-state index contributed by atoms with van der Waals surface area (Å²) >= 11 is 12.1. The van der Waals surface area contributed by atoms with Gasteiger partial charge in [0, 0.05) is 29.2 Å². The van der Waals surface area contributed by atoms with Crippen LogP contribution in [0.25, 0.3) is 5.65 Å². The Morgan fingerprint density at radius 1 is 1.27 bits per heavy atom. The third-order valence-electron chi connectivity index (χ3n) is 3.80. The summed E-state index contributed by atoms with van der Waals surface area (Å²) in [6.45, 7) is 2.47. The molecule has 0 aliphatic carbocycles. The van der Waals surface area contributed by atoms with E-state index in [-0.39, 0.29) is 30.0 Å². The first-order chi connectivity index (χ1) is 12.0. The van der Waals surface area contributed by atoms with E-state index in [2.05, 4.69) is 20.5 Å². The van der Waals surface area contributed by atoms with Gasteiger partial charge in [-0.05, 0) is 36.8 Å². The van der Waals surface area contributed by atoms with E-state index < -0.39 is 0 Å². The summed E-state index contributed by atoms with van der Waals surface area (Å²) in [5, 5.41) is 12.6. The van der Waals surface area contributed by atoms with Crippen molar-refractivity contribution in [2.75, 3.05) is 6.54 Å². The topological polar surface area (TPSA) is 80.6 Å². The number of rotatable bonds is 5. The number of aromatic nitrogens is 3. The summed E-state index contributed by atoms with van der Waals surface area (Å²) in [5.74, 6) is 1.20. The van der Waals surface area contributed by atoms with E-state index in [4.69, 9.17) is 28.9 Å². The minimum atomic E-state index is -0.0811. The molecular formula is C17H19Cl2IN6. The standard InChI is InChI=1S/C17H18Cl2N6.HI/c1-11(13-6-5-12(18)10-14(13)19)22-17(20)21-8-7-16-24-23-15-4-2-3-9-25(15)16;/h2-6,9-11H,7-8H2,1H3,(H3,20,21,22);1H. The number of aliphatic imine (C=N–C) groups is 1. The molecule has 26 heavy (non-hydrogen) atoms. The van der Waals surface area contributed by atoms with Gasteiger partial charge < -0.3 is 11.1 Å². The maximum Gasteiger partial charge on any atom is 0.189 e. The van der Waals surface area contributed by atoms with Crippen molar-refractivity contribution in [3.05, 3.63) is 64.0 Å². The summed E-state index contributed by atoms with van der Waals surface area (Å²) in [6, 6.07) is 11.1. The van der Waals surface area contributed by atoms with Crippen molar-refractivity contribution in [2.24, 2.45) is 10.7 Å². The number of hydrogen-bond acceptors (Lipinski definition) is 3. The predicted molar refractivity (Wildman–Crippen MR) is 117 cm³/mol. The van der Waals surface area contributed by atoms with Crippen molar-refractivity contribution in [1.82, 2.24) is 19.9 Å². The molecule has 3 rings (SSSR count). The highest BCUT2D eigenvalue weighted by Crippen LogP contribution is 2.25. The lowest BCUT2D eigenvalue weighted by atomic mass is 10.1. The van der Waals surface area contributed by atoms with Crippen LogP contribution in [0.3, 0.4) is 0 Å². The summed E-state index contributed by atoms with van der Waals surface area (Å²) in [5.41, 5.74) is 7.70. The van der Waals surface area contributed by atoms with E-state index in [1.165, 1.54) is 0 Å². The molecule has 3 aromatic rings. The Balaban J connectivity index is 0.00000243. The van der Waals surface area contributed by atoms with Crippen molar-refractivity contribution in [3.8, 4) is 0 Å². The number of benzene rings is 1. The van der Waals surface area contributed by atoms with Crippen molar-refractivity contribution in [3.63, 3.8) is 0 Å². The molecule has 2 aromatic heterocycles. The number of pyridine rings is 1. The van der Waals surface area contributed by atoms with Gasteiger partial charge in [-0.3, -0.25) is 9.39 Å². The molecule has 138 valence electrons. The molecule has 0 aliphatic heterocycles. The van der Waals surface area contributed by atoms with Gasteiger partial charge in [0.15, 0.2) is 11.6 Å². The average Bonchev–Trinajstić information content (AvgIpc) is 2.98. The molecule has 3 N–H and O–H groups in total. The number of fused-ring (bicyclic) bond motifs is 1. The fraction of sp³-hybridized carbons (Fsp3) is 0.235. The molecule has 9 heteroatoms. The molecule has 0 amide bonds. The van der Waals surface area contributed by atoms with Gasteiger partial charge in [-0.25, -0.2) is 0 Å². The normalized spacial score (nSPS) is 12.7. The van der Waals surface area contributed by atoms with Crippen LogP contribution in [0.5, 0.6) is 0 Å². The van der Waals surface area contributed by atoms with Crippen LogP contribution < -0.4 is 11.1 Å². The highest BCUT2D eigenvalue weighted by molar-refractivity contribution is 14.0. The molecule has 0 spiro atoms. The quantitative estimate of drug-likeness (QED) is 0.314. The zero-order valence-corrected chi connectivity index (χ0v) is 17.9. The number of nitrogens with two attached hydrogens (primary N) is 1. The second-order valence-electron chi connectivity index (χ2n) is 5.59. The summed E-state index contributed by atoms with van der Waals surface area (Å²) < 4.78 is 1.94. The first-order valence-corrected chi connectivity index (χ1v) is 8.60. The number of guanidine groups is 1. The number of nitrogens with zero attached hydrogens (tertiary/aromatic N) is 4. The number of halogens is 3. The van der Waals surface area contributed by atoms with Crippen molar-refractivity contribution < 1.29 is 0 Å². The molecular weight excluding hydrogens is 486 g/mol. The lowest BCUT2D eigenvalue weighted by molar-refractivity contribution is 0.706. The van der Waals surface area contributed by atoms with Gasteiger partial charge >= 0.3 is 0 Å². The van der Waals surface area contributed by atoms with Crippen molar-refractivity contribution >= 4 is 58.8 Å². The zero-order valence-electron chi connectivity index (χ0n) is 14.1. The van der Waals surface area contributed by atoms with Crippen LogP contribution in [0.15, 0.2) is 47.6 Å². The predicted octanol–water partition coefficient (Wildman–Crippen LogP) is 3.86. The fourth-order valence-corrected chi connectivity index (χ4v) is 3.11. The lowest BCUT2D eigenvalue weighted by Gasteiger charge is -2.16. The zero-order chi connectivity index (χ0) is 17.8. The molecule has 0 aliphatic rings. The van der Waals surface area contributed by atoms with Crippen LogP contribution >= 0.6 is 47.2 Å². The Hall–Kier alpha value is -1.58. The first kappa shape index (κ1) is 20.7. The van der Waals surface area contributed by atoms with E-state index in [1.54, 1.807) is 12.1 Å². The SMILES string of the molecule is CC(NC(N)=NCCc1nnc2ccccn12)c1ccc(Cl)cc1Cl.I. The monoisotopic (exact) mass is 504 g/mol. The average molecular weight is 505 g/mol. The molecule has 2 heterocycles. The maximum atomic E-state index is 6.21. The van der Waals surface area contributed by atoms with Gasteiger partial charge in [-0.15, -0.1) is 34.2 Å². The van der Waals surface area contributed by atoms with Gasteiger partial charge in [0.25, 0.3) is 0 Å². The molecule has 6 nitrogen and oxygen atoms in total. The van der Waals surface area contributed by atoms with E-state index in [1.807, 2.05) is 41.8 Å². The van der Waals surface area contributed by atoms with E-state index in [0.717, 1.165) is 17.0 Å². The Morgan fingerprint density at radius 3 is 2.85 bits per heavy atom. The molecule has 0 saturated heterocycles. The highest BCUT2D eigenvalue weighted by Gasteiger charge is 2.11. The molecule has 0 radical (unpaired) electrons. The van der Waals surface area contributed by atoms with Gasteiger partial charge in [0.2, 0.25) is 0 Å². The fourth-order valence-electron chi connectivity index (χ4n) is 2.54. The summed E-state index contributed by atoms with van der Waals surface area (Å²) in [4.78, 5) is 4.35. The van der Waals surface area contributed by atoms with Crippen LogP contribution in [0, 0.1) is 0 Å². The summed E-state index contributed by atoms with van der Waals surface area (Å²) in [6.07, 6.45) is 2.57. The van der Waals surface area contributed by atoms with Crippen LogP contribution in [0.4, 0.5) is 0 Å². The van der Waals surface area contributed by atoms with E-state index in [0.29, 0.717) is 29.0 Å². The Kier molecular flexibility index (Phi) is 7.48. The summed E-state index contributed by atoms with van der Waals surface area (Å²) in [7, 11) is 0. The third kappa shape index (κ3) is 4.99. The van der Waals surface area contributed by atoms with Gasteiger partial charge in [-0.1, -0.05) is 35.3 Å². The minimum absolute atomic E-state index is 0.